The number of hydrogen-bond acceptors (Lipinski definition) is 4. The molecule has 2 rings (SSSR count). The lowest BCUT2D eigenvalue weighted by Gasteiger charge is -2.36. The van der Waals surface area contributed by atoms with E-state index >= 15 is 0 Å². The molecule has 16 heavy (non-hydrogen) atoms. The summed E-state index contributed by atoms with van der Waals surface area (Å²) in [7, 11) is 0. The molecule has 2 unspecified atom stereocenters. The van der Waals surface area contributed by atoms with Crippen molar-refractivity contribution in [3.63, 3.8) is 0 Å². The Hall–Kier alpha value is -0.970. The predicted octanol–water partition coefficient (Wildman–Crippen LogP) is 0.802. The van der Waals surface area contributed by atoms with Gasteiger partial charge in [0.1, 0.15) is 0 Å². The molecule has 1 saturated heterocycles. The van der Waals surface area contributed by atoms with E-state index in [0.717, 1.165) is 25.4 Å². The molecule has 0 bridgehead atoms. The van der Waals surface area contributed by atoms with Crippen LogP contribution in [0.15, 0.2) is 24.4 Å². The zero-order chi connectivity index (χ0) is 11.4. The minimum atomic E-state index is 0.215. The Morgan fingerprint density at radius 1 is 1.62 bits per heavy atom. The second kappa shape index (κ2) is 5.39. The fourth-order valence-electron chi connectivity index (χ4n) is 2.16. The van der Waals surface area contributed by atoms with Crippen LogP contribution in [0, 0.1) is 0 Å². The Kier molecular flexibility index (Phi) is 3.88. The molecular weight excluding hydrogens is 202 g/mol. The lowest BCUT2D eigenvalue weighted by molar-refractivity contribution is -0.0338. The number of ether oxygens (including phenoxy) is 1. The molecule has 1 aliphatic heterocycles. The zero-order valence-corrected chi connectivity index (χ0v) is 9.67. The van der Waals surface area contributed by atoms with Crippen molar-refractivity contribution in [2.24, 2.45) is 5.73 Å². The van der Waals surface area contributed by atoms with Gasteiger partial charge in [-0.3, -0.25) is 9.88 Å². The summed E-state index contributed by atoms with van der Waals surface area (Å²) in [5, 5.41) is 0. The number of pyridine rings is 1. The lowest BCUT2D eigenvalue weighted by atomic mass is 10.1. The monoisotopic (exact) mass is 221 g/mol. The van der Waals surface area contributed by atoms with Crippen LogP contribution in [-0.4, -0.2) is 42.2 Å². The van der Waals surface area contributed by atoms with Crippen molar-refractivity contribution in [2.45, 2.75) is 19.1 Å². The minimum Gasteiger partial charge on any atom is -0.376 e. The molecule has 4 heteroatoms. The Balaban J connectivity index is 2.10. The van der Waals surface area contributed by atoms with Gasteiger partial charge in [-0.25, -0.2) is 0 Å². The number of rotatable bonds is 3. The molecule has 1 aromatic heterocycles. The third-order valence-electron chi connectivity index (χ3n) is 2.97. The molecule has 4 nitrogen and oxygen atoms in total. The highest BCUT2D eigenvalue weighted by Gasteiger charge is 2.25. The topological polar surface area (TPSA) is 51.4 Å². The van der Waals surface area contributed by atoms with Gasteiger partial charge in [-0.05, 0) is 19.1 Å². The van der Waals surface area contributed by atoms with Crippen LogP contribution in [0.2, 0.25) is 0 Å². The standard InChI is InChI=1S/C12H19N3O/c1-10-9-15(6-7-16-10)12(8-13)11-4-2-3-5-14-11/h2-5,10,12H,6-9,13H2,1H3. The van der Waals surface area contributed by atoms with Crippen LogP contribution in [0.5, 0.6) is 0 Å². The largest absolute Gasteiger partial charge is 0.376 e. The van der Waals surface area contributed by atoms with E-state index in [1.54, 1.807) is 0 Å². The van der Waals surface area contributed by atoms with Crippen molar-refractivity contribution in [1.29, 1.82) is 0 Å². The number of morpholine rings is 1. The lowest BCUT2D eigenvalue weighted by Crippen LogP contribution is -2.45. The first-order valence-corrected chi connectivity index (χ1v) is 5.78. The first-order chi connectivity index (χ1) is 7.81. The molecule has 0 radical (unpaired) electrons. The molecule has 2 atom stereocenters. The molecule has 0 aromatic carbocycles. The van der Waals surface area contributed by atoms with Crippen LogP contribution < -0.4 is 5.73 Å². The van der Waals surface area contributed by atoms with Crippen molar-refractivity contribution < 1.29 is 4.74 Å². The van der Waals surface area contributed by atoms with Gasteiger partial charge >= 0.3 is 0 Å². The SMILES string of the molecule is CC1CN(C(CN)c2ccccn2)CCO1. The van der Waals surface area contributed by atoms with Crippen molar-refractivity contribution >= 4 is 0 Å². The molecule has 0 saturated carbocycles. The van der Waals surface area contributed by atoms with Gasteiger partial charge in [-0.2, -0.15) is 0 Å². The summed E-state index contributed by atoms with van der Waals surface area (Å²) in [6.07, 6.45) is 2.11. The van der Waals surface area contributed by atoms with Crippen molar-refractivity contribution in [1.82, 2.24) is 9.88 Å². The highest BCUT2D eigenvalue weighted by atomic mass is 16.5. The van der Waals surface area contributed by atoms with Gasteiger partial charge in [0, 0.05) is 25.8 Å². The first-order valence-electron chi connectivity index (χ1n) is 5.78. The number of nitrogens with zero attached hydrogens (tertiary/aromatic N) is 2. The molecule has 0 spiro atoms. The summed E-state index contributed by atoms with van der Waals surface area (Å²) in [5.74, 6) is 0. The fourth-order valence-corrected chi connectivity index (χ4v) is 2.16. The molecule has 0 amide bonds. The van der Waals surface area contributed by atoms with Crippen LogP contribution in [0.25, 0.3) is 0 Å². The van der Waals surface area contributed by atoms with E-state index in [4.69, 9.17) is 10.5 Å². The second-order valence-electron chi connectivity index (χ2n) is 4.18. The van der Waals surface area contributed by atoms with E-state index in [2.05, 4.69) is 16.8 Å². The normalized spacial score (nSPS) is 24.2. The van der Waals surface area contributed by atoms with E-state index in [0.29, 0.717) is 6.54 Å². The van der Waals surface area contributed by atoms with Crippen LogP contribution in [0.1, 0.15) is 18.7 Å². The van der Waals surface area contributed by atoms with Crippen molar-refractivity contribution in [2.75, 3.05) is 26.2 Å². The molecular formula is C12H19N3O. The van der Waals surface area contributed by atoms with Gasteiger partial charge in [0.05, 0.1) is 24.4 Å². The van der Waals surface area contributed by atoms with Gasteiger partial charge in [0.2, 0.25) is 0 Å². The summed E-state index contributed by atoms with van der Waals surface area (Å²) >= 11 is 0. The van der Waals surface area contributed by atoms with E-state index < -0.39 is 0 Å². The average molecular weight is 221 g/mol. The molecule has 2 N–H and O–H groups in total. The van der Waals surface area contributed by atoms with Gasteiger partial charge in [-0.15, -0.1) is 0 Å². The third kappa shape index (κ3) is 2.58. The van der Waals surface area contributed by atoms with Gasteiger partial charge in [0.25, 0.3) is 0 Å². The summed E-state index contributed by atoms with van der Waals surface area (Å²) in [6, 6.07) is 6.19. The average Bonchev–Trinajstić information content (AvgIpc) is 2.31. The maximum atomic E-state index is 5.86. The zero-order valence-electron chi connectivity index (χ0n) is 9.67. The fraction of sp³-hybridized carbons (Fsp3) is 0.583. The molecule has 1 fully saturated rings. The Bertz CT molecular complexity index is 317. The Labute approximate surface area is 96.4 Å². The van der Waals surface area contributed by atoms with E-state index in [9.17, 15) is 0 Å². The maximum absolute atomic E-state index is 5.86. The van der Waals surface area contributed by atoms with Crippen LogP contribution in [0.3, 0.4) is 0 Å². The van der Waals surface area contributed by atoms with Gasteiger partial charge in [0.15, 0.2) is 0 Å². The maximum Gasteiger partial charge on any atom is 0.0674 e. The van der Waals surface area contributed by atoms with E-state index in [1.807, 2.05) is 24.4 Å². The van der Waals surface area contributed by atoms with Crippen molar-refractivity contribution in [3.8, 4) is 0 Å². The summed E-state index contributed by atoms with van der Waals surface area (Å²) in [5.41, 5.74) is 6.91. The van der Waals surface area contributed by atoms with Crippen molar-refractivity contribution in [3.05, 3.63) is 30.1 Å². The molecule has 1 aliphatic rings. The van der Waals surface area contributed by atoms with Crippen LogP contribution in [0.4, 0.5) is 0 Å². The molecule has 1 aromatic rings. The first kappa shape index (κ1) is 11.5. The van der Waals surface area contributed by atoms with Gasteiger partial charge in [-0.1, -0.05) is 6.07 Å². The van der Waals surface area contributed by atoms with Gasteiger partial charge < -0.3 is 10.5 Å². The Morgan fingerprint density at radius 2 is 2.50 bits per heavy atom. The number of nitrogens with two attached hydrogens (primary N) is 1. The summed E-state index contributed by atoms with van der Waals surface area (Å²) in [4.78, 5) is 6.75. The predicted molar refractivity (Wildman–Crippen MR) is 63.0 cm³/mol. The molecule has 2 heterocycles. The molecule has 88 valence electrons. The summed E-state index contributed by atoms with van der Waals surface area (Å²) in [6.45, 7) is 5.34. The number of hydrogen-bond donors (Lipinski definition) is 1. The molecule has 0 aliphatic carbocycles. The smallest absolute Gasteiger partial charge is 0.0674 e. The quantitative estimate of drug-likeness (QED) is 0.820. The highest BCUT2D eigenvalue weighted by Crippen LogP contribution is 2.20. The highest BCUT2D eigenvalue weighted by molar-refractivity contribution is 5.09. The minimum absolute atomic E-state index is 0.215. The number of aromatic nitrogens is 1. The van der Waals surface area contributed by atoms with Crippen LogP contribution >= 0.6 is 0 Å². The van der Waals surface area contributed by atoms with E-state index in [-0.39, 0.29) is 12.1 Å². The second-order valence-corrected chi connectivity index (χ2v) is 4.18. The third-order valence-corrected chi connectivity index (χ3v) is 2.97. The van der Waals surface area contributed by atoms with Crippen LogP contribution in [-0.2, 0) is 4.74 Å². The Morgan fingerprint density at radius 3 is 3.12 bits per heavy atom. The summed E-state index contributed by atoms with van der Waals surface area (Å²) < 4.78 is 5.54. The van der Waals surface area contributed by atoms with E-state index in [1.165, 1.54) is 0 Å².